The van der Waals surface area contributed by atoms with Crippen LogP contribution in [0.5, 0.6) is 0 Å². The number of nitrogens with zero attached hydrogens (tertiary/aromatic N) is 1. The van der Waals surface area contributed by atoms with Gasteiger partial charge in [0.05, 0.1) is 11.7 Å². The normalized spacial score (nSPS) is 17.2. The Balaban J connectivity index is 1.87. The van der Waals surface area contributed by atoms with E-state index in [1.807, 2.05) is 20.8 Å². The van der Waals surface area contributed by atoms with Crippen molar-refractivity contribution >= 4 is 5.78 Å². The van der Waals surface area contributed by atoms with Crippen molar-refractivity contribution in [2.24, 2.45) is 5.41 Å². The van der Waals surface area contributed by atoms with Gasteiger partial charge in [-0.15, -0.1) is 0 Å². The predicted molar refractivity (Wildman–Crippen MR) is 121 cm³/mol. The molecule has 0 aromatic rings. The molecule has 1 rings (SSSR count). The topological polar surface area (TPSA) is 29.5 Å². The van der Waals surface area contributed by atoms with Gasteiger partial charge in [-0.3, -0.25) is 4.79 Å². The van der Waals surface area contributed by atoms with E-state index in [0.717, 1.165) is 12.8 Å². The van der Waals surface area contributed by atoms with E-state index >= 15 is 0 Å². The lowest BCUT2D eigenvalue weighted by Gasteiger charge is -2.35. The minimum atomic E-state index is -0.157. The number of carbonyl (C=O) groups is 1. The molecule has 0 amide bonds. The SMILES string of the molecule is CC(C)(C)OC1CCN(CCCCCCCCCCCC(=O)C(C)(C)C)CC1. The number of ketones is 1. The molecule has 1 fully saturated rings. The summed E-state index contributed by atoms with van der Waals surface area (Å²) in [5.74, 6) is 0.415. The van der Waals surface area contributed by atoms with Crippen molar-refractivity contribution in [1.29, 1.82) is 0 Å². The molecule has 0 radical (unpaired) electrons. The fourth-order valence-corrected chi connectivity index (χ4v) is 3.98. The Morgan fingerprint density at radius 1 is 0.786 bits per heavy atom. The zero-order chi connectivity index (χ0) is 21.0. The predicted octanol–water partition coefficient (Wildman–Crippen LogP) is 6.78. The monoisotopic (exact) mass is 395 g/mol. The van der Waals surface area contributed by atoms with Gasteiger partial charge >= 0.3 is 0 Å². The number of hydrogen-bond acceptors (Lipinski definition) is 3. The van der Waals surface area contributed by atoms with Crippen molar-refractivity contribution in [3.63, 3.8) is 0 Å². The standard InChI is InChI=1S/C25H49NO2/c1-24(2,3)23(27)16-14-12-10-8-7-9-11-13-15-19-26-20-17-22(18-21-26)28-25(4,5)6/h22H,7-21H2,1-6H3. The van der Waals surface area contributed by atoms with Gasteiger partial charge in [-0.05, 0) is 53.0 Å². The Hall–Kier alpha value is -0.410. The lowest BCUT2D eigenvalue weighted by atomic mass is 9.88. The number of hydrogen-bond donors (Lipinski definition) is 0. The number of rotatable bonds is 13. The fourth-order valence-electron chi connectivity index (χ4n) is 3.98. The van der Waals surface area contributed by atoms with Crippen molar-refractivity contribution in [1.82, 2.24) is 4.90 Å². The van der Waals surface area contributed by atoms with Crippen LogP contribution in [0.25, 0.3) is 0 Å². The van der Waals surface area contributed by atoms with Gasteiger partial charge in [0.25, 0.3) is 0 Å². The van der Waals surface area contributed by atoms with E-state index in [1.54, 1.807) is 0 Å². The summed E-state index contributed by atoms with van der Waals surface area (Å²) in [6.07, 6.45) is 15.4. The molecule has 0 unspecified atom stereocenters. The van der Waals surface area contributed by atoms with Crippen molar-refractivity contribution in [2.75, 3.05) is 19.6 Å². The van der Waals surface area contributed by atoms with E-state index in [4.69, 9.17) is 4.74 Å². The maximum absolute atomic E-state index is 11.9. The van der Waals surface area contributed by atoms with Gasteiger partial charge < -0.3 is 9.64 Å². The zero-order valence-corrected chi connectivity index (χ0v) is 19.9. The van der Waals surface area contributed by atoms with Gasteiger partial charge in [0.2, 0.25) is 0 Å². The van der Waals surface area contributed by atoms with Crippen LogP contribution < -0.4 is 0 Å². The summed E-state index contributed by atoms with van der Waals surface area (Å²) in [4.78, 5) is 14.5. The first-order chi connectivity index (χ1) is 13.1. The summed E-state index contributed by atoms with van der Waals surface area (Å²) < 4.78 is 6.12. The molecule has 0 spiro atoms. The Bertz CT molecular complexity index is 411. The minimum absolute atomic E-state index is 0.00329. The Kier molecular flexibility index (Phi) is 11.9. The number of ether oxygens (including phenoxy) is 1. The van der Waals surface area contributed by atoms with Crippen molar-refractivity contribution in [3.05, 3.63) is 0 Å². The maximum Gasteiger partial charge on any atom is 0.138 e. The third-order valence-corrected chi connectivity index (χ3v) is 5.77. The second-order valence-corrected chi connectivity index (χ2v) is 10.9. The van der Waals surface area contributed by atoms with Crippen molar-refractivity contribution in [3.8, 4) is 0 Å². The first kappa shape index (κ1) is 25.6. The highest BCUT2D eigenvalue weighted by Crippen LogP contribution is 2.21. The van der Waals surface area contributed by atoms with Crippen LogP contribution >= 0.6 is 0 Å². The molecule has 0 aromatic carbocycles. The average molecular weight is 396 g/mol. The van der Waals surface area contributed by atoms with Gasteiger partial charge in [-0.2, -0.15) is 0 Å². The van der Waals surface area contributed by atoms with E-state index in [1.165, 1.54) is 83.8 Å². The van der Waals surface area contributed by atoms with Gasteiger partial charge in [0.15, 0.2) is 0 Å². The molecule has 166 valence electrons. The van der Waals surface area contributed by atoms with Crippen LogP contribution in [0.1, 0.15) is 119 Å². The smallest absolute Gasteiger partial charge is 0.138 e. The molecule has 1 heterocycles. The van der Waals surface area contributed by atoms with Crippen LogP contribution in [0.15, 0.2) is 0 Å². The number of piperidine rings is 1. The third kappa shape index (κ3) is 12.9. The van der Waals surface area contributed by atoms with Gasteiger partial charge in [-0.25, -0.2) is 0 Å². The van der Waals surface area contributed by atoms with Crippen molar-refractivity contribution in [2.45, 2.75) is 130 Å². The number of carbonyl (C=O) groups excluding carboxylic acids is 1. The molecule has 0 saturated carbocycles. The summed E-state index contributed by atoms with van der Waals surface area (Å²) in [5.41, 5.74) is -0.160. The second-order valence-electron chi connectivity index (χ2n) is 10.9. The molecule has 1 aliphatic heterocycles. The van der Waals surface area contributed by atoms with Crippen LogP contribution in [0, 0.1) is 5.41 Å². The Morgan fingerprint density at radius 2 is 1.25 bits per heavy atom. The highest BCUT2D eigenvalue weighted by molar-refractivity contribution is 5.83. The van der Waals surface area contributed by atoms with Crippen LogP contribution in [-0.4, -0.2) is 42.0 Å². The molecule has 3 nitrogen and oxygen atoms in total. The van der Waals surface area contributed by atoms with Crippen LogP contribution in [0.4, 0.5) is 0 Å². The molecule has 3 heteroatoms. The summed E-state index contributed by atoms with van der Waals surface area (Å²) in [6, 6.07) is 0. The average Bonchev–Trinajstić information content (AvgIpc) is 2.58. The van der Waals surface area contributed by atoms with Gasteiger partial charge in [0, 0.05) is 24.9 Å². The molecule has 0 aliphatic carbocycles. The van der Waals surface area contributed by atoms with E-state index < -0.39 is 0 Å². The molecular weight excluding hydrogens is 346 g/mol. The number of unbranched alkanes of at least 4 members (excludes halogenated alkanes) is 8. The summed E-state index contributed by atoms with van der Waals surface area (Å²) >= 11 is 0. The quantitative estimate of drug-likeness (QED) is 0.322. The molecule has 0 N–H and O–H groups in total. The van der Waals surface area contributed by atoms with Crippen LogP contribution in [0.2, 0.25) is 0 Å². The van der Waals surface area contributed by atoms with E-state index in [0.29, 0.717) is 11.9 Å². The number of Topliss-reactive ketones (excluding diaryl/α,β-unsaturated/α-hetero) is 1. The van der Waals surface area contributed by atoms with Gasteiger partial charge in [0.1, 0.15) is 5.78 Å². The minimum Gasteiger partial charge on any atom is -0.373 e. The Labute approximate surface area is 176 Å². The zero-order valence-electron chi connectivity index (χ0n) is 19.9. The third-order valence-electron chi connectivity index (χ3n) is 5.77. The number of likely N-dealkylation sites (tertiary alicyclic amines) is 1. The van der Waals surface area contributed by atoms with Crippen LogP contribution in [0.3, 0.4) is 0 Å². The molecule has 0 bridgehead atoms. The van der Waals surface area contributed by atoms with E-state index in [-0.39, 0.29) is 11.0 Å². The lowest BCUT2D eigenvalue weighted by molar-refractivity contribution is -0.126. The molecule has 28 heavy (non-hydrogen) atoms. The summed E-state index contributed by atoms with van der Waals surface area (Å²) in [5, 5.41) is 0. The maximum atomic E-state index is 11.9. The largest absolute Gasteiger partial charge is 0.373 e. The van der Waals surface area contributed by atoms with E-state index in [2.05, 4.69) is 25.7 Å². The molecular formula is C25H49NO2. The molecule has 1 aliphatic rings. The molecule has 1 saturated heterocycles. The Morgan fingerprint density at radius 3 is 1.71 bits per heavy atom. The van der Waals surface area contributed by atoms with Crippen molar-refractivity contribution < 1.29 is 9.53 Å². The fraction of sp³-hybridized carbons (Fsp3) is 0.960. The summed E-state index contributed by atoms with van der Waals surface area (Å²) in [7, 11) is 0. The molecule has 0 aromatic heterocycles. The molecule has 0 atom stereocenters. The second kappa shape index (κ2) is 13.0. The first-order valence-corrected chi connectivity index (χ1v) is 12.0. The van der Waals surface area contributed by atoms with E-state index in [9.17, 15) is 4.79 Å². The summed E-state index contributed by atoms with van der Waals surface area (Å²) in [6.45, 7) is 16.2. The first-order valence-electron chi connectivity index (χ1n) is 12.0. The lowest BCUT2D eigenvalue weighted by Crippen LogP contribution is -2.40. The highest BCUT2D eigenvalue weighted by atomic mass is 16.5. The van der Waals surface area contributed by atoms with Gasteiger partial charge in [-0.1, -0.05) is 65.7 Å². The highest BCUT2D eigenvalue weighted by Gasteiger charge is 2.23. The van der Waals surface area contributed by atoms with Crippen LogP contribution in [-0.2, 0) is 9.53 Å².